The van der Waals surface area contributed by atoms with Crippen molar-refractivity contribution in [2.24, 2.45) is 4.99 Å². The highest BCUT2D eigenvalue weighted by Crippen LogP contribution is 2.39. The lowest BCUT2D eigenvalue weighted by molar-refractivity contribution is 0.0948. The fourth-order valence-corrected chi connectivity index (χ4v) is 4.73. The molecular formula is C23H24N2O3S. The van der Waals surface area contributed by atoms with Gasteiger partial charge in [0.2, 0.25) is 0 Å². The van der Waals surface area contributed by atoms with Gasteiger partial charge in [0, 0.05) is 11.1 Å². The van der Waals surface area contributed by atoms with Crippen molar-refractivity contribution in [3.8, 4) is 5.75 Å². The van der Waals surface area contributed by atoms with E-state index in [1.54, 1.807) is 17.6 Å². The van der Waals surface area contributed by atoms with Gasteiger partial charge in [0.25, 0.3) is 5.91 Å². The van der Waals surface area contributed by atoms with Crippen LogP contribution < -0.4 is 10.1 Å². The monoisotopic (exact) mass is 408 g/mol. The number of benzene rings is 1. The average Bonchev–Trinajstić information content (AvgIpc) is 3.39. The van der Waals surface area contributed by atoms with E-state index >= 15 is 0 Å². The molecule has 3 aromatic rings. The number of hydrogen-bond donors (Lipinski definition) is 1. The summed E-state index contributed by atoms with van der Waals surface area (Å²) in [6.07, 6.45) is 7.68. The maximum atomic E-state index is 13.0. The van der Waals surface area contributed by atoms with Crippen LogP contribution in [0.4, 0.5) is 5.00 Å². The number of nitrogens with zero attached hydrogens (tertiary/aromatic N) is 1. The second-order valence-electron chi connectivity index (χ2n) is 6.91. The standard InChI is InChI=1S/C23H24N2O3S/c1-2-27-17-11-9-16(10-12-17)14-25-23-21(19-7-3-4-8-20(19)29-23)22(26)24-15-18-6-5-13-28-18/h5-6,9-14H,2-4,7-8,15H2,1H3,(H,24,26). The fraction of sp³-hybridized carbons (Fsp3) is 0.304. The van der Waals surface area contributed by atoms with E-state index in [2.05, 4.69) is 5.32 Å². The highest BCUT2D eigenvalue weighted by molar-refractivity contribution is 7.16. The Morgan fingerprint density at radius 1 is 1.24 bits per heavy atom. The lowest BCUT2D eigenvalue weighted by Crippen LogP contribution is -2.23. The normalized spacial score (nSPS) is 13.4. The molecule has 2 heterocycles. The minimum Gasteiger partial charge on any atom is -0.494 e. The SMILES string of the molecule is CCOc1ccc(C=Nc2sc3c(c2C(=O)NCc2ccco2)CCCC3)cc1. The maximum Gasteiger partial charge on any atom is 0.255 e. The van der Waals surface area contributed by atoms with Crippen molar-refractivity contribution in [2.45, 2.75) is 39.2 Å². The first-order chi connectivity index (χ1) is 14.2. The first-order valence-electron chi connectivity index (χ1n) is 9.96. The summed E-state index contributed by atoms with van der Waals surface area (Å²) in [6.45, 7) is 2.98. The zero-order chi connectivity index (χ0) is 20.1. The second kappa shape index (κ2) is 9.09. The van der Waals surface area contributed by atoms with Gasteiger partial charge in [-0.1, -0.05) is 0 Å². The summed E-state index contributed by atoms with van der Waals surface area (Å²) in [7, 11) is 0. The van der Waals surface area contributed by atoms with Crippen molar-refractivity contribution in [3.63, 3.8) is 0 Å². The van der Waals surface area contributed by atoms with Crippen molar-refractivity contribution < 1.29 is 13.9 Å². The number of carbonyl (C=O) groups is 1. The van der Waals surface area contributed by atoms with E-state index in [0.717, 1.165) is 52.5 Å². The van der Waals surface area contributed by atoms with Crippen LogP contribution in [0.3, 0.4) is 0 Å². The minimum atomic E-state index is -0.0837. The van der Waals surface area contributed by atoms with E-state index in [9.17, 15) is 4.79 Å². The minimum absolute atomic E-state index is 0.0837. The molecule has 0 radical (unpaired) electrons. The van der Waals surface area contributed by atoms with Crippen molar-refractivity contribution >= 4 is 28.5 Å². The van der Waals surface area contributed by atoms with Gasteiger partial charge in [-0.15, -0.1) is 11.3 Å². The number of aryl methyl sites for hydroxylation is 1. The van der Waals surface area contributed by atoms with E-state index in [0.29, 0.717) is 13.2 Å². The summed E-state index contributed by atoms with van der Waals surface area (Å²) in [6, 6.07) is 11.5. The Labute approximate surface area is 174 Å². The van der Waals surface area contributed by atoms with Crippen molar-refractivity contribution in [2.75, 3.05) is 6.61 Å². The molecule has 4 rings (SSSR count). The number of nitrogens with one attached hydrogen (secondary N) is 1. The van der Waals surface area contributed by atoms with E-state index in [1.807, 2.05) is 49.5 Å². The third-order valence-electron chi connectivity index (χ3n) is 4.91. The number of hydrogen-bond acceptors (Lipinski definition) is 5. The zero-order valence-corrected chi connectivity index (χ0v) is 17.3. The Balaban J connectivity index is 1.57. The molecule has 0 spiro atoms. The molecule has 5 nitrogen and oxygen atoms in total. The summed E-state index contributed by atoms with van der Waals surface area (Å²) in [5, 5.41) is 3.76. The van der Waals surface area contributed by atoms with E-state index in [1.165, 1.54) is 11.3 Å². The fourth-order valence-electron chi connectivity index (χ4n) is 3.50. The molecule has 6 heteroatoms. The molecular weight excluding hydrogens is 384 g/mol. The Morgan fingerprint density at radius 2 is 2.07 bits per heavy atom. The predicted molar refractivity (Wildman–Crippen MR) is 116 cm³/mol. The van der Waals surface area contributed by atoms with Crippen LogP contribution in [-0.4, -0.2) is 18.7 Å². The highest BCUT2D eigenvalue weighted by Gasteiger charge is 2.25. The number of rotatable bonds is 7. The van der Waals surface area contributed by atoms with E-state index in [-0.39, 0.29) is 5.91 Å². The first kappa shape index (κ1) is 19.5. The molecule has 0 atom stereocenters. The van der Waals surface area contributed by atoms with Crippen molar-refractivity contribution in [3.05, 3.63) is 70.0 Å². The number of aliphatic imine (C=N–C) groups is 1. The molecule has 1 amide bonds. The summed E-state index contributed by atoms with van der Waals surface area (Å²) >= 11 is 1.64. The van der Waals surface area contributed by atoms with Crippen LogP contribution >= 0.6 is 11.3 Å². The Hall–Kier alpha value is -2.86. The summed E-state index contributed by atoms with van der Waals surface area (Å²) in [4.78, 5) is 19.0. The van der Waals surface area contributed by atoms with Crippen LogP contribution in [0.2, 0.25) is 0 Å². The van der Waals surface area contributed by atoms with Crippen LogP contribution in [-0.2, 0) is 19.4 Å². The van der Waals surface area contributed by atoms with Gasteiger partial charge in [0.15, 0.2) is 0 Å². The maximum absolute atomic E-state index is 13.0. The van der Waals surface area contributed by atoms with Crippen LogP contribution in [0, 0.1) is 0 Å². The smallest absolute Gasteiger partial charge is 0.255 e. The van der Waals surface area contributed by atoms with E-state index < -0.39 is 0 Å². The first-order valence-corrected chi connectivity index (χ1v) is 10.8. The van der Waals surface area contributed by atoms with Gasteiger partial charge in [-0.2, -0.15) is 0 Å². The average molecular weight is 409 g/mol. The van der Waals surface area contributed by atoms with Crippen LogP contribution in [0.1, 0.15) is 51.9 Å². The molecule has 0 bridgehead atoms. The molecule has 29 heavy (non-hydrogen) atoms. The van der Waals surface area contributed by atoms with Crippen molar-refractivity contribution in [1.29, 1.82) is 0 Å². The third kappa shape index (κ3) is 4.59. The molecule has 150 valence electrons. The topological polar surface area (TPSA) is 63.8 Å². The quantitative estimate of drug-likeness (QED) is 0.540. The Bertz CT molecular complexity index is 988. The number of ether oxygens (including phenoxy) is 1. The lowest BCUT2D eigenvalue weighted by atomic mass is 9.95. The number of amides is 1. The van der Waals surface area contributed by atoms with Gasteiger partial charge in [0.1, 0.15) is 16.5 Å². The molecule has 0 saturated carbocycles. The van der Waals surface area contributed by atoms with Crippen LogP contribution in [0.25, 0.3) is 0 Å². The van der Waals surface area contributed by atoms with E-state index in [4.69, 9.17) is 14.1 Å². The molecule has 1 aliphatic carbocycles. The van der Waals surface area contributed by atoms with Crippen LogP contribution in [0.15, 0.2) is 52.1 Å². The van der Waals surface area contributed by atoms with Gasteiger partial charge in [-0.25, -0.2) is 4.99 Å². The molecule has 2 aromatic heterocycles. The van der Waals surface area contributed by atoms with Gasteiger partial charge < -0.3 is 14.5 Å². The highest BCUT2D eigenvalue weighted by atomic mass is 32.1. The molecule has 1 N–H and O–H groups in total. The van der Waals surface area contributed by atoms with Gasteiger partial charge in [-0.3, -0.25) is 4.79 Å². The molecule has 0 unspecified atom stereocenters. The molecule has 0 fully saturated rings. The number of carbonyl (C=O) groups excluding carboxylic acids is 1. The molecule has 1 aromatic carbocycles. The number of furan rings is 1. The number of thiophene rings is 1. The summed E-state index contributed by atoms with van der Waals surface area (Å²) in [5.74, 6) is 1.50. The largest absolute Gasteiger partial charge is 0.494 e. The third-order valence-corrected chi connectivity index (χ3v) is 6.10. The van der Waals surface area contributed by atoms with Gasteiger partial charge >= 0.3 is 0 Å². The summed E-state index contributed by atoms with van der Waals surface area (Å²) < 4.78 is 10.8. The molecule has 0 saturated heterocycles. The molecule has 0 aliphatic heterocycles. The predicted octanol–water partition coefficient (Wildman–Crippen LogP) is 5.30. The van der Waals surface area contributed by atoms with Crippen molar-refractivity contribution in [1.82, 2.24) is 5.32 Å². The Morgan fingerprint density at radius 3 is 2.83 bits per heavy atom. The van der Waals surface area contributed by atoms with Crippen LogP contribution in [0.5, 0.6) is 5.75 Å². The Kier molecular flexibility index (Phi) is 6.10. The second-order valence-corrected chi connectivity index (χ2v) is 8.00. The summed E-state index contributed by atoms with van der Waals surface area (Å²) in [5.41, 5.74) is 2.86. The zero-order valence-electron chi connectivity index (χ0n) is 16.4. The van der Waals surface area contributed by atoms with Gasteiger partial charge in [-0.05, 0) is 80.1 Å². The lowest BCUT2D eigenvalue weighted by Gasteiger charge is -2.12. The molecule has 1 aliphatic rings. The number of fused-ring (bicyclic) bond motifs is 1. The van der Waals surface area contributed by atoms with Gasteiger partial charge in [0.05, 0.1) is 25.0 Å².